The highest BCUT2D eigenvalue weighted by atomic mass is 16.1. The van der Waals surface area contributed by atoms with Gasteiger partial charge in [0.2, 0.25) is 5.91 Å². The third kappa shape index (κ3) is 1.76. The van der Waals surface area contributed by atoms with Gasteiger partial charge < -0.3 is 5.32 Å². The number of hydrogen-bond acceptors (Lipinski definition) is 2. The summed E-state index contributed by atoms with van der Waals surface area (Å²) in [6.07, 6.45) is 6.95. The molecule has 1 N–H and O–H groups in total. The second kappa shape index (κ2) is 3.78. The summed E-state index contributed by atoms with van der Waals surface area (Å²) in [6.45, 7) is 1.56. The maximum atomic E-state index is 11.0. The first kappa shape index (κ1) is 9.19. The maximum absolute atomic E-state index is 11.0. The molecule has 0 aliphatic heterocycles. The molecule has 0 radical (unpaired) electrons. The minimum Gasteiger partial charge on any atom is -0.350 e. The summed E-state index contributed by atoms with van der Waals surface area (Å²) >= 11 is 0. The predicted octanol–water partition coefficient (Wildman–Crippen LogP) is 1.60. The summed E-state index contributed by atoms with van der Waals surface area (Å²) in [5, 5.41) is 2.97. The van der Waals surface area contributed by atoms with Crippen molar-refractivity contribution >= 4 is 5.91 Å². The van der Waals surface area contributed by atoms with Gasteiger partial charge in [0.25, 0.3) is 0 Å². The van der Waals surface area contributed by atoms with Crippen LogP contribution in [0.5, 0.6) is 0 Å². The number of carbonyl (C=O) groups excluding carboxylic acids is 1. The molecule has 0 saturated carbocycles. The van der Waals surface area contributed by atoms with E-state index in [1.807, 2.05) is 12.3 Å². The molecule has 74 valence electrons. The van der Waals surface area contributed by atoms with Crippen LogP contribution in [0.2, 0.25) is 0 Å². The Morgan fingerprint density at radius 2 is 2.50 bits per heavy atom. The Morgan fingerprint density at radius 1 is 1.64 bits per heavy atom. The molecule has 3 heteroatoms. The minimum atomic E-state index is 0.0414. The lowest BCUT2D eigenvalue weighted by molar-refractivity contribution is -0.119. The zero-order chi connectivity index (χ0) is 9.97. The van der Waals surface area contributed by atoms with Crippen molar-refractivity contribution in [2.45, 2.75) is 32.2 Å². The van der Waals surface area contributed by atoms with Crippen LogP contribution >= 0.6 is 0 Å². The third-order valence-corrected chi connectivity index (χ3v) is 2.63. The van der Waals surface area contributed by atoms with Crippen molar-refractivity contribution in [1.29, 1.82) is 0 Å². The van der Waals surface area contributed by atoms with E-state index in [-0.39, 0.29) is 11.9 Å². The summed E-state index contributed by atoms with van der Waals surface area (Å²) in [5.41, 5.74) is 2.51. The van der Waals surface area contributed by atoms with E-state index in [0.717, 1.165) is 19.3 Å². The number of aryl methyl sites for hydroxylation is 1. The molecule has 1 aliphatic carbocycles. The van der Waals surface area contributed by atoms with Crippen LogP contribution < -0.4 is 5.32 Å². The predicted molar refractivity (Wildman–Crippen MR) is 53.7 cm³/mol. The first-order valence-corrected chi connectivity index (χ1v) is 4.97. The fourth-order valence-electron chi connectivity index (χ4n) is 2.03. The average Bonchev–Trinajstić information content (AvgIpc) is 2.18. The van der Waals surface area contributed by atoms with Crippen molar-refractivity contribution < 1.29 is 4.79 Å². The number of pyridine rings is 1. The quantitative estimate of drug-likeness (QED) is 0.730. The highest BCUT2D eigenvalue weighted by Gasteiger charge is 2.20. The molecule has 1 amide bonds. The first-order valence-electron chi connectivity index (χ1n) is 4.97. The van der Waals surface area contributed by atoms with Crippen LogP contribution in [0, 0.1) is 0 Å². The molecule has 0 bridgehead atoms. The van der Waals surface area contributed by atoms with Crippen molar-refractivity contribution in [3.05, 3.63) is 29.6 Å². The Bertz CT molecular complexity index is 349. The molecule has 2 rings (SSSR count). The van der Waals surface area contributed by atoms with Gasteiger partial charge in [0.1, 0.15) is 0 Å². The van der Waals surface area contributed by atoms with E-state index in [4.69, 9.17) is 0 Å². The second-order valence-electron chi connectivity index (χ2n) is 3.72. The number of rotatable bonds is 1. The van der Waals surface area contributed by atoms with Gasteiger partial charge in [-0.15, -0.1) is 0 Å². The maximum Gasteiger partial charge on any atom is 0.217 e. The summed E-state index contributed by atoms with van der Waals surface area (Å²) in [4.78, 5) is 15.1. The molecule has 0 fully saturated rings. The standard InChI is InChI=1S/C11H14N2O/c1-8(14)13-11-4-2-3-9-7-12-6-5-10(9)11/h5-7,11H,2-4H2,1H3,(H,13,14)/t11-/m0/s1. The normalized spacial score (nSPS) is 19.9. The van der Waals surface area contributed by atoms with Crippen LogP contribution in [0.4, 0.5) is 0 Å². The molecule has 14 heavy (non-hydrogen) atoms. The van der Waals surface area contributed by atoms with E-state index in [1.54, 1.807) is 13.1 Å². The molecule has 1 aliphatic rings. The SMILES string of the molecule is CC(=O)N[C@H]1CCCc2cnccc21. The highest BCUT2D eigenvalue weighted by Crippen LogP contribution is 2.28. The summed E-state index contributed by atoms with van der Waals surface area (Å²) in [5.74, 6) is 0.0414. The van der Waals surface area contributed by atoms with Crippen LogP contribution in [0.25, 0.3) is 0 Å². The van der Waals surface area contributed by atoms with Gasteiger partial charge in [-0.05, 0) is 36.5 Å². The van der Waals surface area contributed by atoms with Crippen molar-refractivity contribution in [3.8, 4) is 0 Å². The Kier molecular flexibility index (Phi) is 2.48. The van der Waals surface area contributed by atoms with Crippen LogP contribution in [0.1, 0.15) is 36.9 Å². The zero-order valence-corrected chi connectivity index (χ0v) is 8.29. The zero-order valence-electron chi connectivity index (χ0n) is 8.29. The van der Waals surface area contributed by atoms with Crippen molar-refractivity contribution in [3.63, 3.8) is 0 Å². The van der Waals surface area contributed by atoms with Crippen LogP contribution in [0.3, 0.4) is 0 Å². The van der Waals surface area contributed by atoms with Gasteiger partial charge in [0.15, 0.2) is 0 Å². The Hall–Kier alpha value is -1.38. The molecule has 0 aromatic carbocycles. The number of fused-ring (bicyclic) bond motifs is 1. The molecule has 1 aromatic heterocycles. The molecule has 1 atom stereocenters. The Morgan fingerprint density at radius 3 is 3.29 bits per heavy atom. The number of hydrogen-bond donors (Lipinski definition) is 1. The number of aromatic nitrogens is 1. The van der Waals surface area contributed by atoms with E-state index in [9.17, 15) is 4.79 Å². The number of nitrogens with one attached hydrogen (secondary N) is 1. The fraction of sp³-hybridized carbons (Fsp3) is 0.455. The molecule has 3 nitrogen and oxygen atoms in total. The van der Waals surface area contributed by atoms with E-state index in [0.29, 0.717) is 0 Å². The topological polar surface area (TPSA) is 42.0 Å². The van der Waals surface area contributed by atoms with Gasteiger partial charge in [0.05, 0.1) is 6.04 Å². The van der Waals surface area contributed by atoms with Gasteiger partial charge in [-0.1, -0.05) is 0 Å². The van der Waals surface area contributed by atoms with E-state index in [1.165, 1.54) is 11.1 Å². The minimum absolute atomic E-state index is 0.0414. The van der Waals surface area contributed by atoms with Crippen LogP contribution in [0.15, 0.2) is 18.5 Å². The summed E-state index contributed by atoms with van der Waals surface area (Å²) in [7, 11) is 0. The Labute approximate surface area is 83.5 Å². The monoisotopic (exact) mass is 190 g/mol. The van der Waals surface area contributed by atoms with E-state index < -0.39 is 0 Å². The summed E-state index contributed by atoms with van der Waals surface area (Å²) in [6, 6.07) is 2.20. The van der Waals surface area contributed by atoms with Gasteiger partial charge in [0, 0.05) is 19.3 Å². The van der Waals surface area contributed by atoms with Gasteiger partial charge >= 0.3 is 0 Å². The molecule has 0 unspecified atom stereocenters. The molecular formula is C11H14N2O. The number of nitrogens with zero attached hydrogens (tertiary/aromatic N) is 1. The Balaban J connectivity index is 2.26. The van der Waals surface area contributed by atoms with E-state index >= 15 is 0 Å². The van der Waals surface area contributed by atoms with Crippen molar-refractivity contribution in [2.24, 2.45) is 0 Å². The van der Waals surface area contributed by atoms with Gasteiger partial charge in [-0.2, -0.15) is 0 Å². The molecule has 0 spiro atoms. The lowest BCUT2D eigenvalue weighted by atomic mass is 9.89. The smallest absolute Gasteiger partial charge is 0.217 e. The second-order valence-corrected chi connectivity index (χ2v) is 3.72. The van der Waals surface area contributed by atoms with Crippen molar-refractivity contribution in [1.82, 2.24) is 10.3 Å². The van der Waals surface area contributed by atoms with Gasteiger partial charge in [-0.3, -0.25) is 9.78 Å². The summed E-state index contributed by atoms with van der Waals surface area (Å²) < 4.78 is 0. The van der Waals surface area contributed by atoms with Crippen LogP contribution in [-0.2, 0) is 11.2 Å². The fourth-order valence-corrected chi connectivity index (χ4v) is 2.03. The van der Waals surface area contributed by atoms with Crippen molar-refractivity contribution in [2.75, 3.05) is 0 Å². The number of carbonyl (C=O) groups is 1. The number of amides is 1. The molecular weight excluding hydrogens is 176 g/mol. The largest absolute Gasteiger partial charge is 0.350 e. The average molecular weight is 190 g/mol. The molecule has 1 heterocycles. The third-order valence-electron chi connectivity index (χ3n) is 2.63. The first-order chi connectivity index (χ1) is 6.77. The van der Waals surface area contributed by atoms with Gasteiger partial charge in [-0.25, -0.2) is 0 Å². The highest BCUT2D eigenvalue weighted by molar-refractivity contribution is 5.73. The van der Waals surface area contributed by atoms with E-state index in [2.05, 4.69) is 10.3 Å². The van der Waals surface area contributed by atoms with Crippen LogP contribution in [-0.4, -0.2) is 10.9 Å². The lowest BCUT2D eigenvalue weighted by Gasteiger charge is -2.25. The lowest BCUT2D eigenvalue weighted by Crippen LogP contribution is -2.28. The molecule has 0 saturated heterocycles. The molecule has 1 aromatic rings.